The average Bonchev–Trinajstić information content (AvgIpc) is 2.41. The minimum atomic E-state index is -0.156. The maximum Gasteiger partial charge on any atom is 0.161 e. The average molecular weight is 235 g/mol. The summed E-state index contributed by atoms with van der Waals surface area (Å²) >= 11 is 0. The van der Waals surface area contributed by atoms with Crippen LogP contribution >= 0.6 is 0 Å². The highest BCUT2D eigenvalue weighted by Crippen LogP contribution is 2.36. The number of nitrogens with zero attached hydrogens (tertiary/aromatic N) is 1. The van der Waals surface area contributed by atoms with Crippen molar-refractivity contribution in [2.45, 2.75) is 12.9 Å². The molecule has 0 saturated heterocycles. The van der Waals surface area contributed by atoms with Crippen LogP contribution in [0.1, 0.15) is 17.1 Å². The van der Waals surface area contributed by atoms with Gasteiger partial charge in [0.1, 0.15) is 13.6 Å². The van der Waals surface area contributed by atoms with Crippen molar-refractivity contribution in [2.75, 3.05) is 11.6 Å². The van der Waals surface area contributed by atoms with Gasteiger partial charge in [-0.05, 0) is 24.6 Å². The lowest BCUT2D eigenvalue weighted by atomic mass is 9.85. The molecule has 0 aromatic heterocycles. The third kappa shape index (κ3) is 1.76. The maximum atomic E-state index is 6.34. The Labute approximate surface area is 109 Å². The number of hydrogen-bond donors (Lipinski definition) is 0. The molecule has 0 bridgehead atoms. The van der Waals surface area contributed by atoms with E-state index in [4.69, 9.17) is 12.6 Å². The van der Waals surface area contributed by atoms with Crippen LogP contribution in [0.4, 0.5) is 5.69 Å². The van der Waals surface area contributed by atoms with Gasteiger partial charge in [-0.25, -0.2) is 0 Å². The Balaban J connectivity index is 2.00. The van der Waals surface area contributed by atoms with Gasteiger partial charge >= 0.3 is 0 Å². The van der Waals surface area contributed by atoms with E-state index in [-0.39, 0.29) is 5.94 Å². The summed E-state index contributed by atoms with van der Waals surface area (Å²) in [6, 6.07) is 16.2. The first-order valence-electron chi connectivity index (χ1n) is 6.07. The van der Waals surface area contributed by atoms with Crippen LogP contribution in [0.25, 0.3) is 0 Å². The Hall–Kier alpha value is -1.90. The van der Waals surface area contributed by atoms with Gasteiger partial charge in [0.05, 0.1) is 0 Å². The van der Waals surface area contributed by atoms with Gasteiger partial charge in [-0.2, -0.15) is 0 Å². The van der Waals surface area contributed by atoms with Crippen LogP contribution < -0.4 is 9.64 Å². The van der Waals surface area contributed by atoms with Crippen molar-refractivity contribution < 1.29 is 4.74 Å². The number of rotatable bonds is 1. The Morgan fingerprint density at radius 1 is 1.11 bits per heavy atom. The summed E-state index contributed by atoms with van der Waals surface area (Å²) in [4.78, 5) is 2.06. The van der Waals surface area contributed by atoms with Crippen LogP contribution in [-0.4, -0.2) is 14.6 Å². The SMILES string of the molecule is [B]C1c2cccc(C)c2OCN1c1ccccc1. The van der Waals surface area contributed by atoms with Crippen LogP contribution in [0, 0.1) is 6.92 Å². The van der Waals surface area contributed by atoms with Gasteiger partial charge in [-0.3, -0.25) is 0 Å². The van der Waals surface area contributed by atoms with E-state index in [0.29, 0.717) is 6.73 Å². The molecule has 0 N–H and O–H groups in total. The zero-order valence-corrected chi connectivity index (χ0v) is 10.3. The molecule has 0 amide bonds. The fourth-order valence-electron chi connectivity index (χ4n) is 2.34. The van der Waals surface area contributed by atoms with Gasteiger partial charge in [0, 0.05) is 17.2 Å². The van der Waals surface area contributed by atoms with Gasteiger partial charge < -0.3 is 9.64 Å². The first-order valence-corrected chi connectivity index (χ1v) is 6.07. The molecule has 1 aliphatic rings. The van der Waals surface area contributed by atoms with Crippen molar-refractivity contribution in [3.8, 4) is 5.75 Å². The van der Waals surface area contributed by atoms with Crippen molar-refractivity contribution in [1.29, 1.82) is 0 Å². The second kappa shape index (κ2) is 4.41. The third-order valence-electron chi connectivity index (χ3n) is 3.33. The summed E-state index contributed by atoms with van der Waals surface area (Å²) in [6.07, 6.45) is 0. The number of fused-ring (bicyclic) bond motifs is 1. The summed E-state index contributed by atoms with van der Waals surface area (Å²) in [5.41, 5.74) is 3.26. The minimum Gasteiger partial charge on any atom is -0.473 e. The van der Waals surface area contributed by atoms with Crippen molar-refractivity contribution in [3.63, 3.8) is 0 Å². The van der Waals surface area contributed by atoms with Gasteiger partial charge in [0.2, 0.25) is 0 Å². The quantitative estimate of drug-likeness (QED) is 0.704. The van der Waals surface area contributed by atoms with E-state index in [0.717, 1.165) is 22.6 Å². The zero-order chi connectivity index (χ0) is 12.5. The topological polar surface area (TPSA) is 12.5 Å². The molecule has 1 heterocycles. The molecule has 3 heteroatoms. The van der Waals surface area contributed by atoms with Crippen LogP contribution in [0.3, 0.4) is 0 Å². The molecule has 18 heavy (non-hydrogen) atoms. The Kier molecular flexibility index (Phi) is 2.75. The summed E-state index contributed by atoms with van der Waals surface area (Å²) in [7, 11) is 6.34. The predicted octanol–water partition coefficient (Wildman–Crippen LogP) is 3.02. The standard InChI is InChI=1S/C15H14BNO/c1-11-6-5-9-13-14(11)18-10-17(15(13)16)12-7-3-2-4-8-12/h2-9,15H,10H2,1H3. The smallest absolute Gasteiger partial charge is 0.161 e. The molecule has 1 aliphatic heterocycles. The fourth-order valence-corrected chi connectivity index (χ4v) is 2.34. The monoisotopic (exact) mass is 235 g/mol. The molecule has 88 valence electrons. The minimum absolute atomic E-state index is 0.156. The lowest BCUT2D eigenvalue weighted by molar-refractivity contribution is 0.284. The van der Waals surface area contributed by atoms with Crippen molar-refractivity contribution in [3.05, 3.63) is 59.7 Å². The summed E-state index contributed by atoms with van der Waals surface area (Å²) in [6.45, 7) is 2.53. The Bertz CT molecular complexity index is 556. The molecule has 2 aromatic carbocycles. The van der Waals surface area contributed by atoms with E-state index in [9.17, 15) is 0 Å². The van der Waals surface area contributed by atoms with Crippen LogP contribution in [0.15, 0.2) is 48.5 Å². The van der Waals surface area contributed by atoms with Gasteiger partial charge in [-0.1, -0.05) is 36.4 Å². The van der Waals surface area contributed by atoms with E-state index in [2.05, 4.69) is 4.90 Å². The first-order chi connectivity index (χ1) is 8.77. The van der Waals surface area contributed by atoms with Crippen molar-refractivity contribution in [2.24, 2.45) is 0 Å². The van der Waals surface area contributed by atoms with Crippen molar-refractivity contribution in [1.82, 2.24) is 0 Å². The van der Waals surface area contributed by atoms with Gasteiger partial charge in [-0.15, -0.1) is 0 Å². The highest BCUT2D eigenvalue weighted by molar-refractivity contribution is 6.14. The largest absolute Gasteiger partial charge is 0.473 e. The molecule has 1 atom stereocenters. The third-order valence-corrected chi connectivity index (χ3v) is 3.33. The van der Waals surface area contributed by atoms with Gasteiger partial charge in [0.15, 0.2) is 6.73 Å². The van der Waals surface area contributed by atoms with Crippen molar-refractivity contribution >= 4 is 13.5 Å². The number of aryl methyl sites for hydroxylation is 1. The van der Waals surface area contributed by atoms with E-state index >= 15 is 0 Å². The summed E-state index contributed by atoms with van der Waals surface area (Å²) in [5, 5.41) is 0. The second-order valence-electron chi connectivity index (χ2n) is 4.52. The van der Waals surface area contributed by atoms with Crippen LogP contribution in [0.5, 0.6) is 5.75 Å². The maximum absolute atomic E-state index is 6.34. The molecule has 0 saturated carbocycles. The Morgan fingerprint density at radius 3 is 2.67 bits per heavy atom. The van der Waals surface area contributed by atoms with Gasteiger partial charge in [0.25, 0.3) is 0 Å². The fraction of sp³-hybridized carbons (Fsp3) is 0.200. The van der Waals surface area contributed by atoms with E-state index in [1.807, 2.05) is 55.5 Å². The van der Waals surface area contributed by atoms with Crippen LogP contribution in [-0.2, 0) is 0 Å². The summed E-state index contributed by atoms with van der Waals surface area (Å²) in [5.74, 6) is 0.772. The highest BCUT2D eigenvalue weighted by Gasteiger charge is 2.25. The van der Waals surface area contributed by atoms with E-state index in [1.54, 1.807) is 0 Å². The molecule has 1 unspecified atom stereocenters. The number of ether oxygens (including phenoxy) is 1. The van der Waals surface area contributed by atoms with Crippen LogP contribution in [0.2, 0.25) is 0 Å². The molecule has 2 radical (unpaired) electrons. The number of anilines is 1. The molecular weight excluding hydrogens is 221 g/mol. The first kappa shape index (κ1) is 11.2. The molecule has 0 aliphatic carbocycles. The predicted molar refractivity (Wildman–Crippen MR) is 74.1 cm³/mol. The molecular formula is C15H14BNO. The van der Waals surface area contributed by atoms with E-state index in [1.165, 1.54) is 0 Å². The molecule has 3 rings (SSSR count). The number of para-hydroxylation sites is 2. The lowest BCUT2D eigenvalue weighted by Crippen LogP contribution is -2.37. The second-order valence-corrected chi connectivity index (χ2v) is 4.52. The lowest BCUT2D eigenvalue weighted by Gasteiger charge is -2.37. The Morgan fingerprint density at radius 2 is 1.89 bits per heavy atom. The number of benzene rings is 2. The zero-order valence-electron chi connectivity index (χ0n) is 10.3. The summed E-state index contributed by atoms with van der Waals surface area (Å²) < 4.78 is 5.84. The molecule has 0 spiro atoms. The van der Waals surface area contributed by atoms with E-state index < -0.39 is 0 Å². The highest BCUT2D eigenvalue weighted by atomic mass is 16.5. The molecule has 2 aromatic rings. The molecule has 0 fully saturated rings. The normalized spacial score (nSPS) is 18.1. The number of hydrogen-bond acceptors (Lipinski definition) is 2. The molecule has 2 nitrogen and oxygen atoms in total.